The largest absolute Gasteiger partial charge is 0.411 e. The lowest BCUT2D eigenvalue weighted by Gasteiger charge is -2.21. The molecule has 0 unspecified atom stereocenters. The molecule has 1 aliphatic rings. The Morgan fingerprint density at radius 3 is 2.46 bits per heavy atom. The molecule has 0 bridgehead atoms. The number of rotatable bonds is 7. The van der Waals surface area contributed by atoms with Crippen molar-refractivity contribution in [1.82, 2.24) is 4.57 Å². The molecule has 0 atom stereocenters. The molecule has 4 nitrogen and oxygen atoms in total. The van der Waals surface area contributed by atoms with Gasteiger partial charge in [-0.3, -0.25) is 4.79 Å². The number of hydrogen-bond donors (Lipinski definition) is 1. The monoisotopic (exact) mass is 466 g/mol. The molecule has 35 heavy (non-hydrogen) atoms. The third-order valence-corrected chi connectivity index (χ3v) is 7.78. The summed E-state index contributed by atoms with van der Waals surface area (Å²) in [5, 5.41) is 15.9. The standard InChI is InChI=1S/C31H34N2O2/c1-3-33-29-16-10-9-15-25(29)26-19-23(28(32-35)18-17-22-12-5-4-6-13-22)20-27(30(26)33)31(34)24-14-8-7-11-21(24)2/h7-11,14-16,19-20,22,35H,3-6,12-13,17-18H2,1-2H3. The maximum absolute atomic E-state index is 14.0. The van der Waals surface area contributed by atoms with Gasteiger partial charge in [-0.05, 0) is 56.4 Å². The summed E-state index contributed by atoms with van der Waals surface area (Å²) in [5.41, 5.74) is 5.92. The van der Waals surface area contributed by atoms with E-state index in [4.69, 9.17) is 0 Å². The molecule has 0 saturated heterocycles. The van der Waals surface area contributed by atoms with Crippen molar-refractivity contribution in [2.75, 3.05) is 0 Å². The first kappa shape index (κ1) is 23.3. The number of carbonyl (C=O) groups excluding carboxylic acids is 1. The summed E-state index contributed by atoms with van der Waals surface area (Å²) in [6.45, 7) is 4.86. The van der Waals surface area contributed by atoms with Gasteiger partial charge in [0.1, 0.15) is 0 Å². The van der Waals surface area contributed by atoms with E-state index in [1.165, 1.54) is 32.1 Å². The van der Waals surface area contributed by atoms with Gasteiger partial charge in [0, 0.05) is 39.5 Å². The van der Waals surface area contributed by atoms with Crippen LogP contribution in [0.25, 0.3) is 21.8 Å². The number of aryl methyl sites for hydroxylation is 2. The molecule has 0 aliphatic heterocycles. The van der Waals surface area contributed by atoms with Crippen LogP contribution in [0.5, 0.6) is 0 Å². The smallest absolute Gasteiger partial charge is 0.195 e. The fourth-order valence-corrected chi connectivity index (χ4v) is 5.90. The molecule has 1 heterocycles. The molecule has 4 heteroatoms. The highest BCUT2D eigenvalue weighted by molar-refractivity contribution is 6.22. The second-order valence-electron chi connectivity index (χ2n) is 9.91. The summed E-state index contributed by atoms with van der Waals surface area (Å²) < 4.78 is 2.23. The van der Waals surface area contributed by atoms with Crippen molar-refractivity contribution in [2.45, 2.75) is 65.3 Å². The lowest BCUT2D eigenvalue weighted by molar-refractivity contribution is 0.103. The lowest BCUT2D eigenvalue weighted by Crippen LogP contribution is -2.12. The van der Waals surface area contributed by atoms with Crippen molar-refractivity contribution in [3.8, 4) is 0 Å². The van der Waals surface area contributed by atoms with E-state index in [9.17, 15) is 10.0 Å². The van der Waals surface area contributed by atoms with Crippen molar-refractivity contribution >= 4 is 33.3 Å². The van der Waals surface area contributed by atoms with Crippen LogP contribution >= 0.6 is 0 Å². The van der Waals surface area contributed by atoms with Gasteiger partial charge in [0.2, 0.25) is 0 Å². The lowest BCUT2D eigenvalue weighted by atomic mass is 9.84. The van der Waals surface area contributed by atoms with E-state index in [1.54, 1.807) is 0 Å². The highest BCUT2D eigenvalue weighted by Gasteiger charge is 2.23. The van der Waals surface area contributed by atoms with Gasteiger partial charge in [-0.2, -0.15) is 0 Å². The number of nitrogens with zero attached hydrogens (tertiary/aromatic N) is 2. The maximum Gasteiger partial charge on any atom is 0.195 e. The van der Waals surface area contributed by atoms with E-state index in [2.05, 4.69) is 34.8 Å². The number of para-hydroxylation sites is 1. The zero-order chi connectivity index (χ0) is 24.4. The number of aromatic nitrogens is 1. The van der Waals surface area contributed by atoms with Gasteiger partial charge in [0.05, 0.1) is 11.2 Å². The fraction of sp³-hybridized carbons (Fsp3) is 0.355. The summed E-state index contributed by atoms with van der Waals surface area (Å²) >= 11 is 0. The molecule has 180 valence electrons. The summed E-state index contributed by atoms with van der Waals surface area (Å²) in [5.74, 6) is 0.705. The maximum atomic E-state index is 14.0. The Bertz CT molecular complexity index is 1410. The fourth-order valence-electron chi connectivity index (χ4n) is 5.90. The minimum Gasteiger partial charge on any atom is -0.411 e. The summed E-state index contributed by atoms with van der Waals surface area (Å²) in [6, 6.07) is 20.2. The number of carbonyl (C=O) groups is 1. The first-order chi connectivity index (χ1) is 17.1. The van der Waals surface area contributed by atoms with Crippen LogP contribution in [0, 0.1) is 12.8 Å². The third-order valence-electron chi connectivity index (χ3n) is 7.78. The van der Waals surface area contributed by atoms with Gasteiger partial charge in [-0.1, -0.05) is 79.7 Å². The quantitative estimate of drug-likeness (QED) is 0.130. The molecular weight excluding hydrogens is 432 g/mol. The second kappa shape index (κ2) is 10.1. The van der Waals surface area contributed by atoms with E-state index in [1.807, 2.05) is 49.4 Å². The Balaban J connectivity index is 1.67. The van der Waals surface area contributed by atoms with Crippen LogP contribution in [0.15, 0.2) is 65.8 Å². The highest BCUT2D eigenvalue weighted by atomic mass is 16.4. The van der Waals surface area contributed by atoms with Crippen molar-refractivity contribution in [1.29, 1.82) is 0 Å². The van der Waals surface area contributed by atoms with E-state index < -0.39 is 0 Å². The molecule has 0 radical (unpaired) electrons. The molecule has 1 saturated carbocycles. The number of benzene rings is 3. The molecular formula is C31H34N2O2. The van der Waals surface area contributed by atoms with E-state index in [-0.39, 0.29) is 5.78 Å². The molecule has 0 amide bonds. The first-order valence-corrected chi connectivity index (χ1v) is 13.0. The van der Waals surface area contributed by atoms with E-state index >= 15 is 0 Å². The molecule has 0 spiro atoms. The molecule has 1 fully saturated rings. The van der Waals surface area contributed by atoms with E-state index in [0.717, 1.165) is 52.3 Å². The summed E-state index contributed by atoms with van der Waals surface area (Å²) in [7, 11) is 0. The molecule has 4 aromatic rings. The minimum atomic E-state index is 0.0111. The Morgan fingerprint density at radius 1 is 0.971 bits per heavy atom. The van der Waals surface area contributed by atoms with Gasteiger partial charge in [-0.15, -0.1) is 0 Å². The van der Waals surface area contributed by atoms with E-state index in [0.29, 0.717) is 22.8 Å². The van der Waals surface area contributed by atoms with Crippen LogP contribution in [0.4, 0.5) is 0 Å². The SMILES string of the molecule is CCn1c2ccccc2c2cc(C(CCC3CCCCC3)=NO)cc(C(=O)c3ccccc3C)c21. The number of hydrogen-bond acceptors (Lipinski definition) is 3. The Morgan fingerprint density at radius 2 is 1.71 bits per heavy atom. The van der Waals surface area contributed by atoms with Crippen molar-refractivity contribution in [3.05, 3.63) is 82.9 Å². The molecule has 1 aliphatic carbocycles. The average Bonchev–Trinajstić information content (AvgIpc) is 3.23. The van der Waals surface area contributed by atoms with Gasteiger partial charge in [0.25, 0.3) is 0 Å². The van der Waals surface area contributed by atoms with Crippen LogP contribution in [-0.4, -0.2) is 21.3 Å². The van der Waals surface area contributed by atoms with Crippen LogP contribution in [0.2, 0.25) is 0 Å². The first-order valence-electron chi connectivity index (χ1n) is 13.0. The second-order valence-corrected chi connectivity index (χ2v) is 9.91. The summed E-state index contributed by atoms with van der Waals surface area (Å²) in [6.07, 6.45) is 8.20. The number of fused-ring (bicyclic) bond motifs is 3. The number of ketones is 1. The number of oxime groups is 1. The predicted octanol–water partition coefficient (Wildman–Crippen LogP) is 7.89. The Kier molecular flexibility index (Phi) is 6.72. The Labute approximate surface area is 207 Å². The third kappa shape index (κ3) is 4.38. The van der Waals surface area contributed by atoms with Gasteiger partial charge < -0.3 is 9.77 Å². The highest BCUT2D eigenvalue weighted by Crippen LogP contribution is 2.35. The van der Waals surface area contributed by atoms with Crippen molar-refractivity contribution in [2.24, 2.45) is 11.1 Å². The topological polar surface area (TPSA) is 54.6 Å². The predicted molar refractivity (Wildman–Crippen MR) is 144 cm³/mol. The van der Waals surface area contributed by atoms with Crippen LogP contribution in [0.1, 0.15) is 78.9 Å². The van der Waals surface area contributed by atoms with Crippen LogP contribution in [-0.2, 0) is 6.54 Å². The van der Waals surface area contributed by atoms with Crippen LogP contribution < -0.4 is 0 Å². The van der Waals surface area contributed by atoms with Gasteiger partial charge >= 0.3 is 0 Å². The summed E-state index contributed by atoms with van der Waals surface area (Å²) in [4.78, 5) is 14.0. The molecule has 5 rings (SSSR count). The zero-order valence-corrected chi connectivity index (χ0v) is 20.8. The molecule has 1 aromatic heterocycles. The average molecular weight is 467 g/mol. The van der Waals surface area contributed by atoms with Gasteiger partial charge in [0.15, 0.2) is 5.78 Å². The Hall–Kier alpha value is -3.40. The minimum absolute atomic E-state index is 0.0111. The molecule has 1 N–H and O–H groups in total. The van der Waals surface area contributed by atoms with Crippen LogP contribution in [0.3, 0.4) is 0 Å². The zero-order valence-electron chi connectivity index (χ0n) is 20.8. The van der Waals surface area contributed by atoms with Crippen molar-refractivity contribution < 1.29 is 10.0 Å². The molecule has 3 aromatic carbocycles. The van der Waals surface area contributed by atoms with Gasteiger partial charge in [-0.25, -0.2) is 0 Å². The van der Waals surface area contributed by atoms with Crippen molar-refractivity contribution in [3.63, 3.8) is 0 Å². The normalized spacial score (nSPS) is 15.2.